The molecule has 1 atom stereocenters. The number of Topliss-reactive ketones (excluding diaryl/α,β-unsaturated/α-hetero) is 1. The van der Waals surface area contributed by atoms with Crippen LogP contribution in [0, 0.1) is 0 Å². The molecule has 0 bridgehead atoms. The molecule has 1 amide bonds. The third-order valence-corrected chi connectivity index (χ3v) is 5.09. The van der Waals surface area contributed by atoms with E-state index in [1.54, 1.807) is 30.3 Å². The summed E-state index contributed by atoms with van der Waals surface area (Å²) in [6, 6.07) is 19.8. The Morgan fingerprint density at radius 2 is 1.64 bits per heavy atom. The maximum absolute atomic E-state index is 12.8. The van der Waals surface area contributed by atoms with Gasteiger partial charge in [-0.15, -0.1) is 11.3 Å². The quantitative estimate of drug-likeness (QED) is 0.458. The predicted octanol–water partition coefficient (Wildman–Crippen LogP) is 4.56. The Hall–Kier alpha value is -2.44. The van der Waals surface area contributed by atoms with Crippen molar-refractivity contribution in [2.45, 2.75) is 6.17 Å². The molecule has 0 radical (unpaired) electrons. The van der Waals surface area contributed by atoms with Crippen LogP contribution in [0.25, 0.3) is 0 Å². The molecule has 25 heavy (non-hydrogen) atoms. The lowest BCUT2D eigenvalue weighted by Crippen LogP contribution is -2.46. The third-order valence-electron chi connectivity index (χ3n) is 3.51. The van der Waals surface area contributed by atoms with E-state index in [9.17, 15) is 9.59 Å². The minimum Gasteiger partial charge on any atom is -0.358 e. The first kappa shape index (κ1) is 17.4. The van der Waals surface area contributed by atoms with Crippen LogP contribution >= 0.6 is 27.3 Å². The molecule has 6 heteroatoms. The minimum atomic E-state index is -0.870. The fourth-order valence-corrected chi connectivity index (χ4v) is 3.36. The van der Waals surface area contributed by atoms with Gasteiger partial charge < -0.3 is 10.6 Å². The number of carbonyl (C=O) groups excluding carboxylic acids is 2. The molecular weight excluding hydrogens is 400 g/mol. The van der Waals surface area contributed by atoms with Gasteiger partial charge >= 0.3 is 0 Å². The monoisotopic (exact) mass is 414 g/mol. The summed E-state index contributed by atoms with van der Waals surface area (Å²) < 4.78 is 0.813. The predicted molar refractivity (Wildman–Crippen MR) is 104 cm³/mol. The minimum absolute atomic E-state index is 0.185. The Balaban J connectivity index is 1.85. The van der Waals surface area contributed by atoms with E-state index in [1.165, 1.54) is 11.3 Å². The summed E-state index contributed by atoms with van der Waals surface area (Å²) in [6.07, 6.45) is -0.870. The smallest absolute Gasteiger partial charge is 0.253 e. The van der Waals surface area contributed by atoms with E-state index in [-0.39, 0.29) is 11.7 Å². The van der Waals surface area contributed by atoms with Crippen molar-refractivity contribution in [3.05, 3.63) is 87.0 Å². The molecule has 0 fully saturated rings. The van der Waals surface area contributed by atoms with Crippen molar-refractivity contribution in [3.63, 3.8) is 0 Å². The van der Waals surface area contributed by atoms with Crippen LogP contribution in [-0.4, -0.2) is 17.9 Å². The maximum atomic E-state index is 12.8. The molecule has 3 aromatic rings. The normalized spacial score (nSPS) is 11.6. The highest BCUT2D eigenvalue weighted by molar-refractivity contribution is 9.10. The van der Waals surface area contributed by atoms with E-state index in [0.717, 1.165) is 10.2 Å². The summed E-state index contributed by atoms with van der Waals surface area (Å²) >= 11 is 4.79. The second-order valence-electron chi connectivity index (χ2n) is 5.24. The Morgan fingerprint density at radius 1 is 0.920 bits per heavy atom. The van der Waals surface area contributed by atoms with Gasteiger partial charge in [-0.1, -0.05) is 36.4 Å². The molecule has 0 aliphatic rings. The first-order valence-corrected chi connectivity index (χ1v) is 9.27. The van der Waals surface area contributed by atoms with Crippen LogP contribution in [0.1, 0.15) is 20.0 Å². The second-order valence-corrected chi connectivity index (χ2v) is 7.04. The van der Waals surface area contributed by atoms with Gasteiger partial charge in [0.1, 0.15) is 0 Å². The highest BCUT2D eigenvalue weighted by atomic mass is 79.9. The number of benzene rings is 2. The highest BCUT2D eigenvalue weighted by Crippen LogP contribution is 2.23. The van der Waals surface area contributed by atoms with Crippen LogP contribution in [0.2, 0.25) is 0 Å². The van der Waals surface area contributed by atoms with Gasteiger partial charge in [-0.2, -0.15) is 0 Å². The number of anilines is 1. The van der Waals surface area contributed by atoms with Crippen LogP contribution in [-0.2, 0) is 0 Å². The van der Waals surface area contributed by atoms with Crippen LogP contribution in [0.4, 0.5) is 5.69 Å². The number of nitrogens with one attached hydrogen (secondary N) is 2. The van der Waals surface area contributed by atoms with Gasteiger partial charge in [0.25, 0.3) is 5.91 Å². The molecule has 0 spiro atoms. The number of ketones is 1. The molecule has 0 saturated carbocycles. The summed E-state index contributed by atoms with van der Waals surface area (Å²) in [4.78, 5) is 25.9. The van der Waals surface area contributed by atoms with Gasteiger partial charge in [0, 0.05) is 10.0 Å². The number of para-hydroxylation sites is 1. The molecule has 0 saturated heterocycles. The van der Waals surface area contributed by atoms with E-state index in [2.05, 4.69) is 26.6 Å². The fraction of sp³-hybridized carbons (Fsp3) is 0.0526. The summed E-state index contributed by atoms with van der Waals surface area (Å²) in [6.45, 7) is 0. The Kier molecular flexibility index (Phi) is 5.63. The topological polar surface area (TPSA) is 58.2 Å². The van der Waals surface area contributed by atoms with E-state index in [0.29, 0.717) is 10.4 Å². The van der Waals surface area contributed by atoms with E-state index in [1.807, 2.05) is 41.8 Å². The third kappa shape index (κ3) is 4.35. The van der Waals surface area contributed by atoms with Gasteiger partial charge in [0.15, 0.2) is 6.17 Å². The molecule has 2 aromatic carbocycles. The molecule has 1 heterocycles. The Bertz CT molecular complexity index is 866. The van der Waals surface area contributed by atoms with Gasteiger partial charge in [-0.3, -0.25) is 9.59 Å². The molecule has 0 aliphatic heterocycles. The molecular formula is C19H15BrN2O2S. The average Bonchev–Trinajstić information content (AvgIpc) is 3.17. The Labute approximate surface area is 158 Å². The SMILES string of the molecule is O=C(N[C@@H](Nc1ccccc1Br)C(=O)c1cccs1)c1ccccc1. The largest absolute Gasteiger partial charge is 0.358 e. The summed E-state index contributed by atoms with van der Waals surface area (Å²) in [5, 5.41) is 7.73. The number of halogens is 1. The molecule has 0 unspecified atom stereocenters. The maximum Gasteiger partial charge on any atom is 0.253 e. The number of hydrogen-bond donors (Lipinski definition) is 2. The zero-order valence-corrected chi connectivity index (χ0v) is 15.5. The second kappa shape index (κ2) is 8.09. The lowest BCUT2D eigenvalue weighted by molar-refractivity contribution is 0.0871. The van der Waals surface area contributed by atoms with E-state index in [4.69, 9.17) is 0 Å². The molecule has 126 valence electrons. The fourth-order valence-electron chi connectivity index (χ4n) is 2.27. The zero-order chi connectivity index (χ0) is 17.6. The highest BCUT2D eigenvalue weighted by Gasteiger charge is 2.24. The first-order chi connectivity index (χ1) is 12.1. The molecule has 2 N–H and O–H groups in total. The standard InChI is InChI=1S/C19H15BrN2O2S/c20-14-9-4-5-10-15(14)21-18(17(23)16-11-6-12-25-16)22-19(24)13-7-2-1-3-8-13/h1-12,18,21H,(H,22,24)/t18-/m1/s1. The van der Waals surface area contributed by atoms with Crippen molar-refractivity contribution in [1.29, 1.82) is 0 Å². The molecule has 0 aliphatic carbocycles. The van der Waals surface area contributed by atoms with Gasteiger partial charge in [0.2, 0.25) is 5.78 Å². The van der Waals surface area contributed by atoms with Crippen molar-refractivity contribution < 1.29 is 9.59 Å². The van der Waals surface area contributed by atoms with Crippen molar-refractivity contribution in [2.75, 3.05) is 5.32 Å². The van der Waals surface area contributed by atoms with Gasteiger partial charge in [-0.05, 0) is 51.6 Å². The summed E-state index contributed by atoms with van der Waals surface area (Å²) in [5.41, 5.74) is 1.23. The van der Waals surface area contributed by atoms with E-state index < -0.39 is 6.17 Å². The summed E-state index contributed by atoms with van der Waals surface area (Å²) in [7, 11) is 0. The van der Waals surface area contributed by atoms with Crippen molar-refractivity contribution in [1.82, 2.24) is 5.32 Å². The van der Waals surface area contributed by atoms with Crippen molar-refractivity contribution in [2.24, 2.45) is 0 Å². The lowest BCUT2D eigenvalue weighted by Gasteiger charge is -2.20. The number of amides is 1. The van der Waals surface area contributed by atoms with E-state index >= 15 is 0 Å². The Morgan fingerprint density at radius 3 is 2.32 bits per heavy atom. The van der Waals surface area contributed by atoms with Crippen LogP contribution in [0.15, 0.2) is 76.6 Å². The molecule has 3 rings (SSSR count). The first-order valence-electron chi connectivity index (χ1n) is 7.60. The zero-order valence-electron chi connectivity index (χ0n) is 13.1. The van der Waals surface area contributed by atoms with Crippen LogP contribution < -0.4 is 10.6 Å². The lowest BCUT2D eigenvalue weighted by atomic mass is 10.2. The molecule has 4 nitrogen and oxygen atoms in total. The average molecular weight is 415 g/mol. The van der Waals surface area contributed by atoms with Crippen molar-refractivity contribution >= 4 is 44.6 Å². The number of rotatable bonds is 6. The number of thiophene rings is 1. The molecule has 1 aromatic heterocycles. The van der Waals surface area contributed by atoms with Crippen molar-refractivity contribution in [3.8, 4) is 0 Å². The number of carbonyl (C=O) groups is 2. The number of hydrogen-bond acceptors (Lipinski definition) is 4. The van der Waals surface area contributed by atoms with Crippen LogP contribution in [0.3, 0.4) is 0 Å². The van der Waals surface area contributed by atoms with Gasteiger partial charge in [0.05, 0.1) is 10.6 Å². The van der Waals surface area contributed by atoms with Gasteiger partial charge in [-0.25, -0.2) is 0 Å². The van der Waals surface area contributed by atoms with Crippen LogP contribution in [0.5, 0.6) is 0 Å². The summed E-state index contributed by atoms with van der Waals surface area (Å²) in [5.74, 6) is -0.495.